The summed E-state index contributed by atoms with van der Waals surface area (Å²) in [6.07, 6.45) is 2.75. The van der Waals surface area contributed by atoms with Gasteiger partial charge in [0, 0.05) is 25.3 Å². The monoisotopic (exact) mass is 393 g/mol. The Kier molecular flexibility index (Phi) is 5.01. The van der Waals surface area contributed by atoms with Gasteiger partial charge in [-0.1, -0.05) is 36.4 Å². The highest BCUT2D eigenvalue weighted by Crippen LogP contribution is 2.42. The van der Waals surface area contributed by atoms with Crippen LogP contribution < -0.4 is 4.90 Å². The Bertz CT molecular complexity index is 891. The number of anilines is 1. The second-order valence-electron chi connectivity index (χ2n) is 9.38. The number of pyridine rings is 1. The van der Waals surface area contributed by atoms with Gasteiger partial charge in [-0.15, -0.1) is 0 Å². The Morgan fingerprint density at radius 3 is 2.62 bits per heavy atom. The van der Waals surface area contributed by atoms with Gasteiger partial charge < -0.3 is 14.5 Å². The lowest BCUT2D eigenvalue weighted by Gasteiger charge is -2.46. The molecule has 1 unspecified atom stereocenters. The average molecular weight is 394 g/mol. The van der Waals surface area contributed by atoms with Gasteiger partial charge in [-0.2, -0.15) is 0 Å². The fraction of sp³-hybridized carbons (Fsp3) is 0.500. The third kappa shape index (κ3) is 4.09. The minimum atomic E-state index is -0.478. The number of carbonyl (C=O) groups excluding carboxylic acids is 1. The number of hydrogen-bond donors (Lipinski definition) is 0. The molecule has 1 amide bonds. The van der Waals surface area contributed by atoms with Crippen LogP contribution >= 0.6 is 0 Å². The van der Waals surface area contributed by atoms with Crippen LogP contribution in [-0.4, -0.2) is 40.2 Å². The van der Waals surface area contributed by atoms with Crippen molar-refractivity contribution in [3.63, 3.8) is 0 Å². The molecule has 0 radical (unpaired) electrons. The Morgan fingerprint density at radius 2 is 1.90 bits per heavy atom. The molecule has 1 fully saturated rings. The Labute approximate surface area is 173 Å². The molecular weight excluding hydrogens is 362 g/mol. The molecule has 1 atom stereocenters. The lowest BCUT2D eigenvalue weighted by Crippen LogP contribution is -2.54. The number of benzene rings is 1. The highest BCUT2D eigenvalue weighted by atomic mass is 16.6. The second kappa shape index (κ2) is 7.36. The molecular formula is C24H31N3O2. The summed E-state index contributed by atoms with van der Waals surface area (Å²) >= 11 is 0. The first-order valence-corrected chi connectivity index (χ1v) is 10.5. The molecule has 5 heteroatoms. The lowest BCUT2D eigenvalue weighted by atomic mass is 9.84. The molecule has 0 saturated carbocycles. The molecule has 1 aromatic heterocycles. The summed E-state index contributed by atoms with van der Waals surface area (Å²) in [6.45, 7) is 10.0. The van der Waals surface area contributed by atoms with Gasteiger partial charge in [0.1, 0.15) is 11.4 Å². The van der Waals surface area contributed by atoms with E-state index in [1.165, 1.54) is 11.1 Å². The number of hydrogen-bond acceptors (Lipinski definition) is 4. The van der Waals surface area contributed by atoms with E-state index < -0.39 is 5.60 Å². The average Bonchev–Trinajstić information content (AvgIpc) is 3.09. The number of rotatable bonds is 2. The molecule has 3 heterocycles. The maximum Gasteiger partial charge on any atom is 0.410 e. The first kappa shape index (κ1) is 19.7. The van der Waals surface area contributed by atoms with Crippen molar-refractivity contribution in [3.8, 4) is 0 Å². The van der Waals surface area contributed by atoms with E-state index >= 15 is 0 Å². The smallest absolute Gasteiger partial charge is 0.410 e. The molecule has 1 saturated heterocycles. The number of nitrogens with zero attached hydrogens (tertiary/aromatic N) is 3. The van der Waals surface area contributed by atoms with E-state index in [-0.39, 0.29) is 11.6 Å². The van der Waals surface area contributed by atoms with Crippen molar-refractivity contribution in [2.45, 2.75) is 64.6 Å². The van der Waals surface area contributed by atoms with Gasteiger partial charge >= 0.3 is 6.09 Å². The van der Waals surface area contributed by atoms with Crippen LogP contribution in [0.25, 0.3) is 0 Å². The van der Waals surface area contributed by atoms with Gasteiger partial charge in [0.15, 0.2) is 0 Å². The molecule has 29 heavy (non-hydrogen) atoms. The van der Waals surface area contributed by atoms with Gasteiger partial charge in [0.2, 0.25) is 0 Å². The van der Waals surface area contributed by atoms with Crippen molar-refractivity contribution in [2.24, 2.45) is 0 Å². The summed E-state index contributed by atoms with van der Waals surface area (Å²) in [5.74, 6) is 1.08. The van der Waals surface area contributed by atoms with Crippen molar-refractivity contribution < 1.29 is 9.53 Å². The first-order valence-electron chi connectivity index (χ1n) is 10.5. The van der Waals surface area contributed by atoms with E-state index in [4.69, 9.17) is 9.72 Å². The van der Waals surface area contributed by atoms with Crippen molar-refractivity contribution in [1.82, 2.24) is 9.88 Å². The normalized spacial score (nSPS) is 21.4. The Balaban J connectivity index is 1.65. The zero-order valence-electron chi connectivity index (χ0n) is 17.9. The van der Waals surface area contributed by atoms with Gasteiger partial charge in [-0.05, 0) is 64.2 Å². The Hall–Kier alpha value is -2.56. The van der Waals surface area contributed by atoms with Crippen molar-refractivity contribution in [1.29, 1.82) is 0 Å². The Morgan fingerprint density at radius 1 is 1.14 bits per heavy atom. The third-order valence-corrected chi connectivity index (χ3v) is 5.95. The summed E-state index contributed by atoms with van der Waals surface area (Å²) in [5, 5.41) is 0. The topological polar surface area (TPSA) is 45.7 Å². The molecule has 0 N–H and O–H groups in total. The third-order valence-electron chi connectivity index (χ3n) is 5.95. The van der Waals surface area contributed by atoms with Gasteiger partial charge in [-0.3, -0.25) is 0 Å². The minimum Gasteiger partial charge on any atom is -0.444 e. The van der Waals surface area contributed by atoms with Gasteiger partial charge in [0.05, 0.1) is 5.54 Å². The SMILES string of the molecule is Cc1ccc2c(n1)N(Cc1ccccc1)C1(CC2)CCN(C(=O)OC(C)(C)C)C1. The highest BCUT2D eigenvalue weighted by molar-refractivity contribution is 5.69. The van der Waals surface area contributed by atoms with E-state index in [9.17, 15) is 4.79 Å². The summed E-state index contributed by atoms with van der Waals surface area (Å²) < 4.78 is 5.65. The number of likely N-dealkylation sites (tertiary alicyclic amines) is 1. The van der Waals surface area contributed by atoms with Crippen LogP contribution in [0.4, 0.5) is 10.6 Å². The second-order valence-corrected chi connectivity index (χ2v) is 9.38. The van der Waals surface area contributed by atoms with Crippen LogP contribution in [0.3, 0.4) is 0 Å². The molecule has 2 aliphatic heterocycles. The fourth-order valence-electron chi connectivity index (χ4n) is 4.50. The van der Waals surface area contributed by atoms with Gasteiger partial charge in [0.25, 0.3) is 0 Å². The molecule has 154 valence electrons. The number of ether oxygens (including phenoxy) is 1. The largest absolute Gasteiger partial charge is 0.444 e. The molecule has 4 rings (SSSR count). The summed E-state index contributed by atoms with van der Waals surface area (Å²) in [4.78, 5) is 22.0. The van der Waals surface area contributed by atoms with Crippen LogP contribution in [0, 0.1) is 6.92 Å². The van der Waals surface area contributed by atoms with E-state index in [1.54, 1.807) is 0 Å². The van der Waals surface area contributed by atoms with Gasteiger partial charge in [-0.25, -0.2) is 9.78 Å². The molecule has 5 nitrogen and oxygen atoms in total. The predicted octanol–water partition coefficient (Wildman–Crippen LogP) is 4.72. The molecule has 1 aromatic carbocycles. The van der Waals surface area contributed by atoms with Crippen LogP contribution in [0.2, 0.25) is 0 Å². The molecule has 1 spiro atoms. The summed E-state index contributed by atoms with van der Waals surface area (Å²) in [6, 6.07) is 14.8. The van der Waals surface area contributed by atoms with Crippen molar-refractivity contribution >= 4 is 11.9 Å². The number of carbonyl (C=O) groups is 1. The first-order chi connectivity index (χ1) is 13.8. The number of amides is 1. The maximum absolute atomic E-state index is 12.7. The van der Waals surface area contributed by atoms with Crippen LogP contribution in [0.1, 0.15) is 50.4 Å². The van der Waals surface area contributed by atoms with Crippen LogP contribution in [0.5, 0.6) is 0 Å². The van der Waals surface area contributed by atoms with Crippen molar-refractivity contribution in [2.75, 3.05) is 18.0 Å². The molecule has 0 aliphatic carbocycles. The van der Waals surface area contributed by atoms with E-state index in [2.05, 4.69) is 41.3 Å². The lowest BCUT2D eigenvalue weighted by molar-refractivity contribution is 0.0282. The number of aromatic nitrogens is 1. The number of aryl methyl sites for hydroxylation is 2. The fourth-order valence-corrected chi connectivity index (χ4v) is 4.50. The van der Waals surface area contributed by atoms with E-state index in [1.807, 2.05) is 38.7 Å². The highest BCUT2D eigenvalue weighted by Gasteiger charge is 2.48. The zero-order chi connectivity index (χ0) is 20.6. The van der Waals surface area contributed by atoms with Crippen LogP contribution in [-0.2, 0) is 17.7 Å². The quantitative estimate of drug-likeness (QED) is 0.740. The van der Waals surface area contributed by atoms with E-state index in [0.29, 0.717) is 6.54 Å². The van der Waals surface area contributed by atoms with Crippen molar-refractivity contribution in [3.05, 3.63) is 59.3 Å². The molecule has 2 aliphatic rings. The molecule has 0 bridgehead atoms. The van der Waals surface area contributed by atoms with E-state index in [0.717, 1.165) is 43.9 Å². The predicted molar refractivity (Wildman–Crippen MR) is 115 cm³/mol. The standard InChI is InChI=1S/C24H31N3O2/c1-18-10-11-20-12-13-24(14-15-26(17-24)22(28)29-23(2,3)4)27(21(20)25-18)16-19-8-6-5-7-9-19/h5-11H,12-17H2,1-4H3. The summed E-state index contributed by atoms with van der Waals surface area (Å²) in [5.41, 5.74) is 3.02. The number of fused-ring (bicyclic) bond motifs is 1. The zero-order valence-corrected chi connectivity index (χ0v) is 17.9. The van der Waals surface area contributed by atoms with Crippen LogP contribution in [0.15, 0.2) is 42.5 Å². The maximum atomic E-state index is 12.7. The molecule has 2 aromatic rings. The summed E-state index contributed by atoms with van der Waals surface area (Å²) in [7, 11) is 0. The minimum absolute atomic E-state index is 0.0967.